The van der Waals surface area contributed by atoms with Crippen LogP contribution in [-0.2, 0) is 14.9 Å². The van der Waals surface area contributed by atoms with E-state index in [0.29, 0.717) is 23.5 Å². The molecule has 6 nitrogen and oxygen atoms in total. The van der Waals surface area contributed by atoms with Crippen LogP contribution in [0.4, 0.5) is 16.5 Å². The fourth-order valence-corrected chi connectivity index (χ4v) is 4.96. The molecule has 0 spiro atoms. The van der Waals surface area contributed by atoms with Gasteiger partial charge >= 0.3 is 0 Å². The summed E-state index contributed by atoms with van der Waals surface area (Å²) in [4.78, 5) is 18.6. The van der Waals surface area contributed by atoms with Crippen molar-refractivity contribution in [3.05, 3.63) is 29.0 Å². The summed E-state index contributed by atoms with van der Waals surface area (Å²) >= 11 is 7.21. The molecule has 1 fully saturated rings. The number of hydrogen-bond donors (Lipinski definition) is 1. The summed E-state index contributed by atoms with van der Waals surface area (Å²) in [5, 5.41) is 4.35. The van der Waals surface area contributed by atoms with Crippen LogP contribution in [0.1, 0.15) is 59.4 Å². The highest BCUT2D eigenvalue weighted by molar-refractivity contribution is 7.10. The summed E-state index contributed by atoms with van der Waals surface area (Å²) in [6.45, 7) is 12.9. The van der Waals surface area contributed by atoms with E-state index in [2.05, 4.69) is 65.5 Å². The van der Waals surface area contributed by atoms with Crippen molar-refractivity contribution in [2.75, 3.05) is 30.0 Å². The number of ketones is 1. The molecular formula is C23H33ClN4O2S. The molecule has 31 heavy (non-hydrogen) atoms. The number of hydrogen-bond acceptors (Lipinski definition) is 7. The van der Waals surface area contributed by atoms with Gasteiger partial charge in [-0.3, -0.25) is 4.79 Å². The van der Waals surface area contributed by atoms with E-state index in [1.807, 2.05) is 0 Å². The molecule has 3 rings (SSSR count). The molecule has 0 unspecified atom stereocenters. The second kappa shape index (κ2) is 10.3. The van der Waals surface area contributed by atoms with E-state index >= 15 is 0 Å². The third-order valence-electron chi connectivity index (χ3n) is 5.61. The first-order chi connectivity index (χ1) is 14.7. The highest BCUT2D eigenvalue weighted by atomic mass is 35.5. The number of nitrogens with one attached hydrogen (secondary N) is 1. The van der Waals surface area contributed by atoms with Crippen LogP contribution >= 0.6 is 23.1 Å². The summed E-state index contributed by atoms with van der Waals surface area (Å²) in [6.07, 6.45) is 2.51. The summed E-state index contributed by atoms with van der Waals surface area (Å²) < 4.78 is 9.71. The maximum atomic E-state index is 11.8. The molecule has 1 aliphatic heterocycles. The van der Waals surface area contributed by atoms with Gasteiger partial charge in [-0.05, 0) is 60.4 Å². The fourth-order valence-electron chi connectivity index (χ4n) is 4.24. The molecule has 0 amide bonds. The van der Waals surface area contributed by atoms with Crippen LogP contribution in [0.15, 0.2) is 18.2 Å². The molecule has 0 aliphatic carbocycles. The molecule has 2 heterocycles. The molecule has 1 N–H and O–H groups in total. The van der Waals surface area contributed by atoms with Crippen LogP contribution in [-0.4, -0.2) is 40.9 Å². The number of ether oxygens (including phenoxy) is 1. The zero-order chi connectivity index (χ0) is 22.6. The number of benzene rings is 1. The van der Waals surface area contributed by atoms with Crippen molar-refractivity contribution in [1.29, 1.82) is 0 Å². The van der Waals surface area contributed by atoms with Crippen LogP contribution in [0, 0.1) is 5.92 Å². The van der Waals surface area contributed by atoms with E-state index in [9.17, 15) is 4.79 Å². The van der Waals surface area contributed by atoms with Gasteiger partial charge in [0.25, 0.3) is 0 Å². The molecule has 170 valence electrons. The molecule has 0 radical (unpaired) electrons. The number of halogens is 1. The molecular weight excluding hydrogens is 432 g/mol. The van der Waals surface area contributed by atoms with Crippen LogP contribution in [0.2, 0.25) is 5.28 Å². The molecule has 1 saturated heterocycles. The van der Waals surface area contributed by atoms with Gasteiger partial charge in [0.15, 0.2) is 0 Å². The van der Waals surface area contributed by atoms with E-state index in [-0.39, 0.29) is 16.5 Å². The summed E-state index contributed by atoms with van der Waals surface area (Å²) in [5.41, 5.74) is 2.95. The third-order valence-corrected chi connectivity index (χ3v) is 6.51. The first-order valence-electron chi connectivity index (χ1n) is 10.9. The van der Waals surface area contributed by atoms with Crippen molar-refractivity contribution in [2.24, 2.45) is 5.92 Å². The lowest BCUT2D eigenvalue weighted by atomic mass is 9.80. The van der Waals surface area contributed by atoms with Gasteiger partial charge in [-0.25, -0.2) is 0 Å². The average Bonchev–Trinajstić information content (AvgIpc) is 3.10. The van der Waals surface area contributed by atoms with Gasteiger partial charge in [0.05, 0.1) is 11.4 Å². The SMILES string of the molecule is CC(=O)CC(C)(C)c1ccc(N(CC(C)C)C2CCOCC2)c(Nc2nc(Cl)ns2)c1. The Morgan fingerprint density at radius 3 is 2.65 bits per heavy atom. The van der Waals surface area contributed by atoms with Crippen LogP contribution in [0.3, 0.4) is 0 Å². The lowest BCUT2D eigenvalue weighted by Gasteiger charge is -2.39. The summed E-state index contributed by atoms with van der Waals surface area (Å²) in [5.74, 6) is 0.698. The molecule has 1 aromatic heterocycles. The van der Waals surface area contributed by atoms with Crippen LogP contribution in [0.5, 0.6) is 0 Å². The zero-order valence-corrected chi connectivity index (χ0v) is 20.6. The van der Waals surface area contributed by atoms with Crippen LogP contribution in [0.25, 0.3) is 0 Å². The van der Waals surface area contributed by atoms with Crippen molar-refractivity contribution in [1.82, 2.24) is 9.36 Å². The number of nitrogens with zero attached hydrogens (tertiary/aromatic N) is 3. The fraction of sp³-hybridized carbons (Fsp3) is 0.609. The van der Waals surface area contributed by atoms with E-state index in [4.69, 9.17) is 16.3 Å². The molecule has 0 bridgehead atoms. The third kappa shape index (κ3) is 6.40. The number of aromatic nitrogens is 2. The standard InChI is InChI=1S/C23H33ClN4O2S/c1-15(2)14-28(18-8-10-30-11-9-18)20-7-6-17(23(4,5)13-16(3)29)12-19(20)25-22-26-21(24)27-31-22/h6-7,12,15,18H,8-11,13-14H2,1-5H3,(H,25,26,27). The van der Waals surface area contributed by atoms with Gasteiger partial charge in [-0.15, -0.1) is 0 Å². The monoisotopic (exact) mass is 464 g/mol. The van der Waals surface area contributed by atoms with Gasteiger partial charge in [0, 0.05) is 43.8 Å². The van der Waals surface area contributed by atoms with E-state index in [0.717, 1.165) is 49.5 Å². The Morgan fingerprint density at radius 1 is 1.35 bits per heavy atom. The Morgan fingerprint density at radius 2 is 2.06 bits per heavy atom. The highest BCUT2D eigenvalue weighted by Gasteiger charge is 2.28. The molecule has 0 atom stereocenters. The molecule has 0 saturated carbocycles. The van der Waals surface area contributed by atoms with Gasteiger partial charge in [0.2, 0.25) is 10.4 Å². The number of anilines is 3. The maximum Gasteiger partial charge on any atom is 0.236 e. The Bertz CT molecular complexity index is 893. The Kier molecular flexibility index (Phi) is 7.94. The first kappa shape index (κ1) is 24.0. The maximum absolute atomic E-state index is 11.8. The predicted molar refractivity (Wildman–Crippen MR) is 129 cm³/mol. The van der Waals surface area contributed by atoms with Crippen molar-refractivity contribution >= 4 is 45.4 Å². The number of carbonyl (C=O) groups is 1. The van der Waals surface area contributed by atoms with Crippen molar-refractivity contribution < 1.29 is 9.53 Å². The molecule has 2 aromatic rings. The lowest BCUT2D eigenvalue weighted by molar-refractivity contribution is -0.118. The minimum atomic E-state index is -0.263. The number of rotatable bonds is 9. The summed E-state index contributed by atoms with van der Waals surface area (Å²) in [6, 6.07) is 6.91. The lowest BCUT2D eigenvalue weighted by Crippen LogP contribution is -2.42. The average molecular weight is 465 g/mol. The zero-order valence-electron chi connectivity index (χ0n) is 19.1. The topological polar surface area (TPSA) is 67.3 Å². The Hall–Kier alpha value is -1.70. The van der Waals surface area contributed by atoms with Gasteiger partial charge in [0.1, 0.15) is 5.78 Å². The summed E-state index contributed by atoms with van der Waals surface area (Å²) in [7, 11) is 0. The van der Waals surface area contributed by atoms with Crippen molar-refractivity contribution in [3.63, 3.8) is 0 Å². The second-order valence-corrected chi connectivity index (χ2v) is 10.5. The van der Waals surface area contributed by atoms with Crippen LogP contribution < -0.4 is 10.2 Å². The molecule has 1 aromatic carbocycles. The number of carbonyl (C=O) groups excluding carboxylic acids is 1. The van der Waals surface area contributed by atoms with Crippen molar-refractivity contribution in [2.45, 2.75) is 65.3 Å². The van der Waals surface area contributed by atoms with Gasteiger partial charge in [-0.2, -0.15) is 9.36 Å². The Balaban J connectivity index is 2.04. The van der Waals surface area contributed by atoms with E-state index in [1.54, 1.807) is 6.92 Å². The second-order valence-electron chi connectivity index (χ2n) is 9.38. The number of Topliss-reactive ketones (excluding diaryl/α,β-unsaturated/α-hetero) is 1. The smallest absolute Gasteiger partial charge is 0.236 e. The van der Waals surface area contributed by atoms with E-state index in [1.165, 1.54) is 11.5 Å². The van der Waals surface area contributed by atoms with Gasteiger partial charge < -0.3 is 15.0 Å². The molecule has 1 aliphatic rings. The minimum Gasteiger partial charge on any atom is -0.381 e. The highest BCUT2D eigenvalue weighted by Crippen LogP contribution is 2.38. The van der Waals surface area contributed by atoms with E-state index < -0.39 is 0 Å². The Labute approximate surface area is 194 Å². The first-order valence-corrected chi connectivity index (χ1v) is 12.1. The predicted octanol–water partition coefficient (Wildman–Crippen LogP) is 5.83. The van der Waals surface area contributed by atoms with Crippen molar-refractivity contribution in [3.8, 4) is 0 Å². The minimum absolute atomic E-state index is 0.183. The normalized spacial score (nSPS) is 15.3. The van der Waals surface area contributed by atoms with Gasteiger partial charge in [-0.1, -0.05) is 33.8 Å². The largest absolute Gasteiger partial charge is 0.381 e. The molecule has 8 heteroatoms. The quantitative estimate of drug-likeness (QED) is 0.503.